The molecule has 1 atom stereocenters. The van der Waals surface area contributed by atoms with Gasteiger partial charge in [0.1, 0.15) is 5.41 Å². The Hall–Kier alpha value is -0.360. The summed E-state index contributed by atoms with van der Waals surface area (Å²) in [5.41, 5.74) is -2.70. The number of carbonyl (C=O) groups is 1. The van der Waals surface area contributed by atoms with Crippen LogP contribution in [0.3, 0.4) is 0 Å². The van der Waals surface area contributed by atoms with E-state index in [-0.39, 0.29) is 12.8 Å². The normalized spacial score (nSPS) is 35.7. The van der Waals surface area contributed by atoms with E-state index in [4.69, 9.17) is 0 Å². The van der Waals surface area contributed by atoms with Crippen LogP contribution in [0.15, 0.2) is 0 Å². The third-order valence-corrected chi connectivity index (χ3v) is 5.32. The van der Waals surface area contributed by atoms with Crippen molar-refractivity contribution in [1.29, 1.82) is 0 Å². The first kappa shape index (κ1) is 13.1. The number of halogens is 2. The molecule has 6 heteroatoms. The van der Waals surface area contributed by atoms with Crippen LogP contribution in [0, 0.1) is 5.41 Å². The SMILES string of the molecule is O=C(O)C1(C2(O)CCC(F)(F)CC2)CCSC1. The van der Waals surface area contributed by atoms with Crippen LogP contribution in [0.5, 0.6) is 0 Å². The average molecular weight is 266 g/mol. The summed E-state index contributed by atoms with van der Waals surface area (Å²) < 4.78 is 26.2. The van der Waals surface area contributed by atoms with Gasteiger partial charge in [-0.1, -0.05) is 0 Å². The van der Waals surface area contributed by atoms with E-state index in [0.29, 0.717) is 17.9 Å². The number of hydrogen-bond acceptors (Lipinski definition) is 3. The maximum atomic E-state index is 13.1. The fraction of sp³-hybridized carbons (Fsp3) is 0.909. The van der Waals surface area contributed by atoms with E-state index in [1.807, 2.05) is 0 Å². The Labute approximate surface area is 103 Å². The number of aliphatic hydroxyl groups is 1. The van der Waals surface area contributed by atoms with Crippen molar-refractivity contribution in [3.05, 3.63) is 0 Å². The average Bonchev–Trinajstić information content (AvgIpc) is 2.73. The number of rotatable bonds is 2. The molecule has 3 nitrogen and oxygen atoms in total. The molecule has 1 aliphatic heterocycles. The highest BCUT2D eigenvalue weighted by Crippen LogP contribution is 2.53. The van der Waals surface area contributed by atoms with Gasteiger partial charge in [0.15, 0.2) is 0 Å². The summed E-state index contributed by atoms with van der Waals surface area (Å²) in [6, 6.07) is 0. The molecule has 2 aliphatic rings. The van der Waals surface area contributed by atoms with Gasteiger partial charge in [-0.25, -0.2) is 8.78 Å². The van der Waals surface area contributed by atoms with Gasteiger partial charge in [0.25, 0.3) is 0 Å². The van der Waals surface area contributed by atoms with Gasteiger partial charge >= 0.3 is 5.97 Å². The minimum absolute atomic E-state index is 0.118. The van der Waals surface area contributed by atoms with E-state index in [1.165, 1.54) is 11.8 Å². The van der Waals surface area contributed by atoms with E-state index < -0.39 is 35.7 Å². The van der Waals surface area contributed by atoms with Crippen molar-refractivity contribution >= 4 is 17.7 Å². The molecule has 0 aromatic heterocycles. The van der Waals surface area contributed by atoms with E-state index in [1.54, 1.807) is 0 Å². The summed E-state index contributed by atoms with van der Waals surface area (Å²) in [4.78, 5) is 11.4. The highest BCUT2D eigenvalue weighted by atomic mass is 32.2. The van der Waals surface area contributed by atoms with Crippen LogP contribution in [0.1, 0.15) is 32.1 Å². The second-order valence-corrected chi connectivity index (χ2v) is 6.18. The minimum atomic E-state index is -2.75. The first-order valence-corrected chi connectivity index (χ1v) is 6.88. The first-order valence-electron chi connectivity index (χ1n) is 5.73. The summed E-state index contributed by atoms with van der Waals surface area (Å²) in [7, 11) is 0. The van der Waals surface area contributed by atoms with Crippen LogP contribution < -0.4 is 0 Å². The van der Waals surface area contributed by atoms with Crippen molar-refractivity contribution in [2.75, 3.05) is 11.5 Å². The highest BCUT2D eigenvalue weighted by Gasteiger charge is 2.60. The van der Waals surface area contributed by atoms with Gasteiger partial charge in [-0.2, -0.15) is 11.8 Å². The third kappa shape index (κ3) is 2.05. The summed E-state index contributed by atoms with van der Waals surface area (Å²) in [6.45, 7) is 0. The molecule has 17 heavy (non-hydrogen) atoms. The molecule has 1 unspecified atom stereocenters. The number of alkyl halides is 2. The Morgan fingerprint density at radius 3 is 2.12 bits per heavy atom. The molecule has 1 saturated carbocycles. The zero-order valence-electron chi connectivity index (χ0n) is 9.42. The zero-order chi connectivity index (χ0) is 12.7. The van der Waals surface area contributed by atoms with E-state index in [0.717, 1.165) is 0 Å². The molecule has 0 bridgehead atoms. The molecule has 1 aliphatic carbocycles. The lowest BCUT2D eigenvalue weighted by Crippen LogP contribution is -2.56. The minimum Gasteiger partial charge on any atom is -0.481 e. The first-order chi connectivity index (χ1) is 7.81. The van der Waals surface area contributed by atoms with Crippen molar-refractivity contribution in [3.63, 3.8) is 0 Å². The van der Waals surface area contributed by atoms with Crippen molar-refractivity contribution < 1.29 is 23.8 Å². The molecule has 2 rings (SSSR count). The number of carboxylic acid groups (broad SMARTS) is 1. The lowest BCUT2D eigenvalue weighted by molar-refractivity contribution is -0.183. The molecular formula is C11H16F2O3S. The Morgan fingerprint density at radius 2 is 1.71 bits per heavy atom. The van der Waals surface area contributed by atoms with Crippen molar-refractivity contribution in [2.45, 2.75) is 43.6 Å². The van der Waals surface area contributed by atoms with E-state index >= 15 is 0 Å². The van der Waals surface area contributed by atoms with Crippen LogP contribution in [0.4, 0.5) is 8.78 Å². The summed E-state index contributed by atoms with van der Waals surface area (Å²) >= 11 is 1.47. The number of aliphatic carboxylic acids is 1. The number of hydrogen-bond donors (Lipinski definition) is 2. The predicted octanol–water partition coefficient (Wildman–Crippen LogP) is 2.13. The second-order valence-electron chi connectivity index (χ2n) is 5.08. The second kappa shape index (κ2) is 4.09. The van der Waals surface area contributed by atoms with Gasteiger partial charge in [0.05, 0.1) is 5.60 Å². The molecule has 1 heterocycles. The Kier molecular flexibility index (Phi) is 3.14. The van der Waals surface area contributed by atoms with Crippen LogP contribution >= 0.6 is 11.8 Å². The summed E-state index contributed by atoms with van der Waals surface area (Å²) in [5, 5.41) is 19.8. The van der Waals surface area contributed by atoms with Crippen LogP contribution in [-0.4, -0.2) is 39.2 Å². The molecule has 0 amide bonds. The fourth-order valence-electron chi connectivity index (χ4n) is 2.81. The van der Waals surface area contributed by atoms with E-state index in [9.17, 15) is 23.8 Å². The predicted molar refractivity (Wildman–Crippen MR) is 60.4 cm³/mol. The summed E-state index contributed by atoms with van der Waals surface area (Å²) in [6.07, 6.45) is -0.693. The molecule has 0 radical (unpaired) electrons. The fourth-order valence-corrected chi connectivity index (χ4v) is 4.33. The molecule has 0 spiro atoms. The standard InChI is InChI=1S/C11H16F2O3S/c12-11(13)3-1-10(16,2-4-11)9(8(14)15)5-6-17-7-9/h16H,1-7H2,(H,14,15). The Balaban J connectivity index is 2.22. The van der Waals surface area contributed by atoms with Crippen molar-refractivity contribution in [1.82, 2.24) is 0 Å². The molecule has 98 valence electrons. The van der Waals surface area contributed by atoms with Gasteiger partial charge in [-0.3, -0.25) is 4.79 Å². The largest absolute Gasteiger partial charge is 0.481 e. The quantitative estimate of drug-likeness (QED) is 0.804. The highest BCUT2D eigenvalue weighted by molar-refractivity contribution is 7.99. The van der Waals surface area contributed by atoms with Crippen LogP contribution in [0.2, 0.25) is 0 Å². The molecule has 2 fully saturated rings. The van der Waals surface area contributed by atoms with Gasteiger partial charge in [-0.05, 0) is 25.0 Å². The van der Waals surface area contributed by atoms with Crippen molar-refractivity contribution in [2.24, 2.45) is 5.41 Å². The lowest BCUT2D eigenvalue weighted by Gasteiger charge is -2.45. The Morgan fingerprint density at radius 1 is 1.12 bits per heavy atom. The topological polar surface area (TPSA) is 57.5 Å². The van der Waals surface area contributed by atoms with Crippen LogP contribution in [0.25, 0.3) is 0 Å². The lowest BCUT2D eigenvalue weighted by atomic mass is 9.64. The monoisotopic (exact) mass is 266 g/mol. The van der Waals surface area contributed by atoms with Crippen LogP contribution in [-0.2, 0) is 4.79 Å². The maximum Gasteiger partial charge on any atom is 0.313 e. The van der Waals surface area contributed by atoms with Gasteiger partial charge in [0.2, 0.25) is 5.92 Å². The molecule has 0 aromatic rings. The van der Waals surface area contributed by atoms with Gasteiger partial charge in [0, 0.05) is 18.6 Å². The van der Waals surface area contributed by atoms with Gasteiger partial charge in [-0.15, -0.1) is 0 Å². The number of carboxylic acids is 1. The zero-order valence-corrected chi connectivity index (χ0v) is 10.2. The molecule has 0 aromatic carbocycles. The Bertz CT molecular complexity index is 317. The maximum absolute atomic E-state index is 13.1. The smallest absolute Gasteiger partial charge is 0.313 e. The number of thioether (sulfide) groups is 1. The molecular weight excluding hydrogens is 250 g/mol. The van der Waals surface area contributed by atoms with E-state index in [2.05, 4.69) is 0 Å². The van der Waals surface area contributed by atoms with Gasteiger partial charge < -0.3 is 10.2 Å². The molecule has 1 saturated heterocycles. The van der Waals surface area contributed by atoms with Crippen molar-refractivity contribution in [3.8, 4) is 0 Å². The summed E-state index contributed by atoms with van der Waals surface area (Å²) in [5.74, 6) is -2.80. The molecule has 2 N–H and O–H groups in total. The third-order valence-electron chi connectivity index (χ3n) is 4.13.